The van der Waals surface area contributed by atoms with Crippen LogP contribution in [0.25, 0.3) is 0 Å². The van der Waals surface area contributed by atoms with Gasteiger partial charge in [0.2, 0.25) is 0 Å². The highest BCUT2D eigenvalue weighted by Gasteiger charge is 2.36. The molecule has 0 aliphatic rings. The Morgan fingerprint density at radius 1 is 1.62 bits per heavy atom. The molecular weight excluding hydrogens is 216 g/mol. The largest absolute Gasteiger partial charge is 0.479 e. The highest BCUT2D eigenvalue weighted by molar-refractivity contribution is 5.76. The Morgan fingerprint density at radius 2 is 2.25 bits per heavy atom. The fourth-order valence-electron chi connectivity index (χ4n) is 1.32. The van der Waals surface area contributed by atoms with E-state index < -0.39 is 22.8 Å². The van der Waals surface area contributed by atoms with Crippen molar-refractivity contribution in [2.75, 3.05) is 13.7 Å². The van der Waals surface area contributed by atoms with E-state index in [1.807, 2.05) is 4.98 Å². The van der Waals surface area contributed by atoms with E-state index in [0.717, 1.165) is 16.8 Å². The van der Waals surface area contributed by atoms with Crippen LogP contribution in [0.3, 0.4) is 0 Å². The van der Waals surface area contributed by atoms with E-state index in [1.54, 1.807) is 0 Å². The van der Waals surface area contributed by atoms with Crippen molar-refractivity contribution < 1.29 is 14.6 Å². The molecule has 0 amide bonds. The summed E-state index contributed by atoms with van der Waals surface area (Å²) in [5, 5.41) is 9.08. The number of nitrogens with zero attached hydrogens (tertiary/aromatic N) is 1. The second-order valence-corrected chi connectivity index (χ2v) is 3.49. The van der Waals surface area contributed by atoms with Crippen LogP contribution in [-0.2, 0) is 15.1 Å². The second-order valence-electron chi connectivity index (χ2n) is 3.49. The highest BCUT2D eigenvalue weighted by Crippen LogP contribution is 2.13. The summed E-state index contributed by atoms with van der Waals surface area (Å²) < 4.78 is 5.69. The van der Waals surface area contributed by atoms with E-state index in [-0.39, 0.29) is 6.61 Å². The standard InChI is InChI=1S/C9H12N2O5/c1-9(5-16-2,7(13)14)11-4-3-6(12)10-8(11)15/h3-4H,5H2,1-2H3,(H,13,14)(H,10,12,15). The van der Waals surface area contributed by atoms with Gasteiger partial charge in [-0.05, 0) is 6.92 Å². The van der Waals surface area contributed by atoms with Gasteiger partial charge in [-0.2, -0.15) is 0 Å². The van der Waals surface area contributed by atoms with Crippen molar-refractivity contribution in [1.29, 1.82) is 0 Å². The quantitative estimate of drug-likeness (QED) is 0.687. The fraction of sp³-hybridized carbons (Fsp3) is 0.444. The first-order valence-electron chi connectivity index (χ1n) is 4.46. The van der Waals surface area contributed by atoms with E-state index in [0.29, 0.717) is 0 Å². The Kier molecular flexibility index (Phi) is 3.28. The molecule has 1 atom stereocenters. The summed E-state index contributed by atoms with van der Waals surface area (Å²) in [5.41, 5.74) is -2.91. The Hall–Kier alpha value is -1.89. The molecular formula is C9H12N2O5. The monoisotopic (exact) mass is 228 g/mol. The lowest BCUT2D eigenvalue weighted by atomic mass is 10.0. The molecule has 1 unspecified atom stereocenters. The molecule has 0 bridgehead atoms. The summed E-state index contributed by atoms with van der Waals surface area (Å²) in [6.07, 6.45) is 1.13. The van der Waals surface area contributed by atoms with Gasteiger partial charge in [-0.3, -0.25) is 14.3 Å². The van der Waals surface area contributed by atoms with E-state index in [9.17, 15) is 14.4 Å². The number of carboxylic acid groups (broad SMARTS) is 1. The molecule has 0 saturated carbocycles. The van der Waals surface area contributed by atoms with Gasteiger partial charge in [0, 0.05) is 19.4 Å². The molecule has 1 heterocycles. The molecule has 0 saturated heterocycles. The van der Waals surface area contributed by atoms with Crippen LogP contribution in [0.1, 0.15) is 6.92 Å². The number of aromatic amines is 1. The van der Waals surface area contributed by atoms with Crippen LogP contribution in [0.15, 0.2) is 21.9 Å². The summed E-state index contributed by atoms with van der Waals surface area (Å²) in [6.45, 7) is 1.15. The maximum Gasteiger partial charge on any atom is 0.332 e. The first-order valence-corrected chi connectivity index (χ1v) is 4.46. The average Bonchev–Trinajstić information content (AvgIpc) is 2.17. The topological polar surface area (TPSA) is 101 Å². The minimum atomic E-state index is -1.55. The minimum Gasteiger partial charge on any atom is -0.479 e. The van der Waals surface area contributed by atoms with Crippen molar-refractivity contribution in [3.8, 4) is 0 Å². The smallest absolute Gasteiger partial charge is 0.332 e. The molecule has 0 spiro atoms. The molecule has 0 fully saturated rings. The first-order chi connectivity index (χ1) is 7.41. The van der Waals surface area contributed by atoms with Gasteiger partial charge < -0.3 is 9.84 Å². The molecule has 0 aliphatic carbocycles. The molecule has 0 aliphatic heterocycles. The molecule has 88 valence electrons. The number of nitrogens with one attached hydrogen (secondary N) is 1. The molecule has 1 rings (SSSR count). The van der Waals surface area contributed by atoms with Gasteiger partial charge in [0.05, 0.1) is 6.61 Å². The number of ether oxygens (including phenoxy) is 1. The number of hydrogen-bond donors (Lipinski definition) is 2. The van der Waals surface area contributed by atoms with Crippen molar-refractivity contribution in [2.24, 2.45) is 0 Å². The predicted molar refractivity (Wildman–Crippen MR) is 54.5 cm³/mol. The molecule has 2 N–H and O–H groups in total. The van der Waals surface area contributed by atoms with Crippen LogP contribution < -0.4 is 11.2 Å². The fourth-order valence-corrected chi connectivity index (χ4v) is 1.32. The number of H-pyrrole nitrogens is 1. The summed E-state index contributed by atoms with van der Waals surface area (Å²) in [4.78, 5) is 35.4. The van der Waals surface area contributed by atoms with E-state index in [1.165, 1.54) is 14.0 Å². The van der Waals surface area contributed by atoms with E-state index >= 15 is 0 Å². The molecule has 0 aromatic carbocycles. The van der Waals surface area contributed by atoms with Crippen LogP contribution in [0.2, 0.25) is 0 Å². The van der Waals surface area contributed by atoms with Gasteiger partial charge in [0.25, 0.3) is 5.56 Å². The summed E-state index contributed by atoms with van der Waals surface area (Å²) in [5.74, 6) is -1.22. The number of aliphatic carboxylic acids is 1. The van der Waals surface area contributed by atoms with Crippen molar-refractivity contribution >= 4 is 5.97 Å². The predicted octanol–water partition coefficient (Wildman–Crippen LogP) is -1.02. The molecule has 7 heteroatoms. The number of carboxylic acids is 1. The zero-order chi connectivity index (χ0) is 12.3. The zero-order valence-electron chi connectivity index (χ0n) is 8.89. The van der Waals surface area contributed by atoms with Crippen molar-refractivity contribution in [3.05, 3.63) is 33.1 Å². The van der Waals surface area contributed by atoms with Crippen LogP contribution in [-0.4, -0.2) is 34.3 Å². The van der Waals surface area contributed by atoms with Gasteiger partial charge in [0.15, 0.2) is 5.54 Å². The molecule has 0 radical (unpaired) electrons. The van der Waals surface area contributed by atoms with Gasteiger partial charge in [-0.1, -0.05) is 0 Å². The Balaban J connectivity index is 3.38. The van der Waals surface area contributed by atoms with Crippen LogP contribution in [0.5, 0.6) is 0 Å². The first kappa shape index (κ1) is 12.2. The van der Waals surface area contributed by atoms with Crippen LogP contribution >= 0.6 is 0 Å². The number of methoxy groups -OCH3 is 1. The lowest BCUT2D eigenvalue weighted by Crippen LogP contribution is -2.49. The summed E-state index contributed by atoms with van der Waals surface area (Å²) in [6, 6.07) is 1.08. The third kappa shape index (κ3) is 2.03. The number of rotatable bonds is 4. The zero-order valence-corrected chi connectivity index (χ0v) is 8.89. The van der Waals surface area contributed by atoms with Gasteiger partial charge in [-0.25, -0.2) is 9.59 Å². The summed E-state index contributed by atoms with van der Waals surface area (Å²) >= 11 is 0. The lowest BCUT2D eigenvalue weighted by Gasteiger charge is -2.25. The molecule has 7 nitrogen and oxygen atoms in total. The summed E-state index contributed by atoms with van der Waals surface area (Å²) in [7, 11) is 1.33. The number of carbonyl (C=O) groups is 1. The SMILES string of the molecule is COCC(C)(C(=O)O)n1ccc(=O)[nH]c1=O. The maximum absolute atomic E-state index is 11.5. The Morgan fingerprint density at radius 3 is 2.69 bits per heavy atom. The van der Waals surface area contributed by atoms with Crippen molar-refractivity contribution in [2.45, 2.75) is 12.5 Å². The molecule has 16 heavy (non-hydrogen) atoms. The van der Waals surface area contributed by atoms with E-state index in [4.69, 9.17) is 9.84 Å². The normalized spacial score (nSPS) is 14.4. The Labute approximate surface area is 90.3 Å². The number of aromatic nitrogens is 2. The minimum absolute atomic E-state index is 0.186. The molecule has 1 aromatic rings. The average molecular weight is 228 g/mol. The van der Waals surface area contributed by atoms with Crippen molar-refractivity contribution in [1.82, 2.24) is 9.55 Å². The lowest BCUT2D eigenvalue weighted by molar-refractivity contribution is -0.149. The second kappa shape index (κ2) is 4.31. The van der Waals surface area contributed by atoms with Crippen LogP contribution in [0, 0.1) is 0 Å². The van der Waals surface area contributed by atoms with Crippen molar-refractivity contribution in [3.63, 3.8) is 0 Å². The third-order valence-corrected chi connectivity index (χ3v) is 2.24. The van der Waals surface area contributed by atoms with Crippen LogP contribution in [0.4, 0.5) is 0 Å². The van der Waals surface area contributed by atoms with Gasteiger partial charge in [-0.15, -0.1) is 0 Å². The Bertz CT molecular complexity index is 503. The third-order valence-electron chi connectivity index (χ3n) is 2.24. The van der Waals surface area contributed by atoms with Gasteiger partial charge in [0.1, 0.15) is 0 Å². The van der Waals surface area contributed by atoms with Gasteiger partial charge >= 0.3 is 11.7 Å². The number of hydrogen-bond acceptors (Lipinski definition) is 4. The highest BCUT2D eigenvalue weighted by atomic mass is 16.5. The molecule has 1 aromatic heterocycles. The van der Waals surface area contributed by atoms with E-state index in [2.05, 4.69) is 0 Å². The maximum atomic E-state index is 11.5.